The Morgan fingerprint density at radius 3 is 2.65 bits per heavy atom. The van der Waals surface area contributed by atoms with Crippen molar-refractivity contribution in [2.45, 2.75) is 10.9 Å². The van der Waals surface area contributed by atoms with E-state index in [9.17, 15) is 10.1 Å². The zero-order valence-electron chi connectivity index (χ0n) is 12.3. The van der Waals surface area contributed by atoms with Gasteiger partial charge in [-0.3, -0.25) is 15.1 Å². The van der Waals surface area contributed by atoms with Gasteiger partial charge in [-0.15, -0.1) is 10.2 Å². The number of nitro benzene ring substituents is 1. The lowest BCUT2D eigenvalue weighted by molar-refractivity contribution is -0.385. The summed E-state index contributed by atoms with van der Waals surface area (Å²) < 4.78 is 1.87. The standard InChI is InChI=1S/C15H13N5O2S/c1-19-14(11-6-8-16-9-7-11)17-18-15(19)23-10-12-4-2-3-5-13(12)20(21)22/h2-9H,10H2,1H3. The normalized spacial score (nSPS) is 10.7. The van der Waals surface area contributed by atoms with Gasteiger partial charge in [-0.25, -0.2) is 0 Å². The Balaban J connectivity index is 1.80. The molecule has 3 rings (SSSR count). The first-order valence-corrected chi connectivity index (χ1v) is 7.80. The molecule has 0 aliphatic heterocycles. The van der Waals surface area contributed by atoms with E-state index in [-0.39, 0.29) is 10.6 Å². The molecule has 0 unspecified atom stereocenters. The molecule has 0 N–H and O–H groups in total. The Morgan fingerprint density at radius 1 is 1.17 bits per heavy atom. The fraction of sp³-hybridized carbons (Fsp3) is 0.133. The fourth-order valence-corrected chi connectivity index (χ4v) is 3.05. The van der Waals surface area contributed by atoms with Gasteiger partial charge in [0.2, 0.25) is 0 Å². The molecule has 0 saturated carbocycles. The van der Waals surface area contributed by atoms with Crippen LogP contribution in [0.15, 0.2) is 53.9 Å². The molecule has 116 valence electrons. The fourth-order valence-electron chi connectivity index (χ4n) is 2.15. The molecule has 2 aromatic heterocycles. The van der Waals surface area contributed by atoms with Gasteiger partial charge in [-0.2, -0.15) is 0 Å². The average Bonchev–Trinajstić information content (AvgIpc) is 2.94. The third-order valence-corrected chi connectivity index (χ3v) is 4.39. The van der Waals surface area contributed by atoms with E-state index in [1.165, 1.54) is 17.8 Å². The summed E-state index contributed by atoms with van der Waals surface area (Å²) in [5, 5.41) is 20.1. The first kappa shape index (κ1) is 15.2. The number of nitrogens with zero attached hydrogens (tertiary/aromatic N) is 5. The van der Waals surface area contributed by atoms with Crippen LogP contribution in [-0.2, 0) is 12.8 Å². The lowest BCUT2D eigenvalue weighted by Crippen LogP contribution is -1.97. The number of benzene rings is 1. The second-order valence-corrected chi connectivity index (χ2v) is 5.72. The predicted octanol–water partition coefficient (Wildman–Crippen LogP) is 3.08. The molecule has 23 heavy (non-hydrogen) atoms. The second-order valence-electron chi connectivity index (χ2n) is 4.78. The number of nitro groups is 1. The molecule has 0 spiro atoms. The molecular weight excluding hydrogens is 314 g/mol. The number of aromatic nitrogens is 4. The summed E-state index contributed by atoms with van der Waals surface area (Å²) in [6, 6.07) is 10.4. The van der Waals surface area contributed by atoms with Gasteiger partial charge >= 0.3 is 0 Å². The monoisotopic (exact) mass is 327 g/mol. The van der Waals surface area contributed by atoms with E-state index < -0.39 is 0 Å². The Bertz CT molecular complexity index is 835. The number of para-hydroxylation sites is 1. The summed E-state index contributed by atoms with van der Waals surface area (Å²) in [6.07, 6.45) is 3.40. The minimum Gasteiger partial charge on any atom is -0.305 e. The summed E-state index contributed by atoms with van der Waals surface area (Å²) in [5.41, 5.74) is 1.71. The Hall–Kier alpha value is -2.74. The van der Waals surface area contributed by atoms with Crippen LogP contribution in [0, 0.1) is 10.1 Å². The minimum atomic E-state index is -0.366. The molecule has 0 radical (unpaired) electrons. The van der Waals surface area contributed by atoms with Crippen LogP contribution in [0.2, 0.25) is 0 Å². The van der Waals surface area contributed by atoms with Crippen molar-refractivity contribution in [3.63, 3.8) is 0 Å². The molecular formula is C15H13N5O2S. The highest BCUT2D eigenvalue weighted by Crippen LogP contribution is 2.28. The Labute approximate surface area is 136 Å². The van der Waals surface area contributed by atoms with Gasteiger partial charge < -0.3 is 4.57 Å². The zero-order valence-corrected chi connectivity index (χ0v) is 13.1. The van der Waals surface area contributed by atoms with Crippen molar-refractivity contribution in [2.24, 2.45) is 7.05 Å². The van der Waals surface area contributed by atoms with Crippen molar-refractivity contribution in [2.75, 3.05) is 0 Å². The number of hydrogen-bond donors (Lipinski definition) is 0. The van der Waals surface area contributed by atoms with Crippen molar-refractivity contribution in [1.82, 2.24) is 19.7 Å². The van der Waals surface area contributed by atoms with Crippen LogP contribution >= 0.6 is 11.8 Å². The third-order valence-electron chi connectivity index (χ3n) is 3.32. The SMILES string of the molecule is Cn1c(SCc2ccccc2[N+](=O)[O-])nnc1-c1ccncc1. The van der Waals surface area contributed by atoms with E-state index in [4.69, 9.17) is 0 Å². The average molecular weight is 327 g/mol. The molecule has 1 aromatic carbocycles. The third kappa shape index (κ3) is 3.21. The zero-order chi connectivity index (χ0) is 16.2. The van der Waals surface area contributed by atoms with E-state index in [2.05, 4.69) is 15.2 Å². The van der Waals surface area contributed by atoms with E-state index in [1.807, 2.05) is 23.7 Å². The number of hydrogen-bond acceptors (Lipinski definition) is 6. The Kier molecular flexibility index (Phi) is 4.33. The maximum Gasteiger partial charge on any atom is 0.273 e. The molecule has 7 nitrogen and oxygen atoms in total. The molecule has 0 bridgehead atoms. The van der Waals surface area contributed by atoms with Gasteiger partial charge in [-0.1, -0.05) is 30.0 Å². The number of thioether (sulfide) groups is 1. The molecule has 0 aliphatic rings. The molecule has 0 aliphatic carbocycles. The predicted molar refractivity (Wildman–Crippen MR) is 86.9 cm³/mol. The molecule has 0 fully saturated rings. The van der Waals surface area contributed by atoms with Gasteiger partial charge in [0, 0.05) is 42.4 Å². The second kappa shape index (κ2) is 6.57. The maximum absolute atomic E-state index is 11.0. The molecule has 3 aromatic rings. The number of pyridine rings is 1. The number of rotatable bonds is 5. The minimum absolute atomic E-state index is 0.122. The maximum atomic E-state index is 11.0. The summed E-state index contributed by atoms with van der Waals surface area (Å²) >= 11 is 1.42. The summed E-state index contributed by atoms with van der Waals surface area (Å²) in [6.45, 7) is 0. The topological polar surface area (TPSA) is 86.7 Å². The van der Waals surface area contributed by atoms with Gasteiger partial charge in [0.1, 0.15) is 0 Å². The van der Waals surface area contributed by atoms with Crippen LogP contribution in [0.4, 0.5) is 5.69 Å². The molecule has 2 heterocycles. The van der Waals surface area contributed by atoms with Gasteiger partial charge in [0.25, 0.3) is 5.69 Å². The van der Waals surface area contributed by atoms with Crippen molar-refractivity contribution < 1.29 is 4.92 Å². The van der Waals surface area contributed by atoms with Crippen molar-refractivity contribution in [3.8, 4) is 11.4 Å². The van der Waals surface area contributed by atoms with E-state index >= 15 is 0 Å². The van der Waals surface area contributed by atoms with Gasteiger partial charge in [0.15, 0.2) is 11.0 Å². The van der Waals surface area contributed by atoms with E-state index in [1.54, 1.807) is 30.6 Å². The van der Waals surface area contributed by atoms with Crippen LogP contribution < -0.4 is 0 Å². The van der Waals surface area contributed by atoms with Gasteiger partial charge in [-0.05, 0) is 12.1 Å². The van der Waals surface area contributed by atoms with Crippen molar-refractivity contribution in [3.05, 3.63) is 64.5 Å². The smallest absolute Gasteiger partial charge is 0.273 e. The van der Waals surface area contributed by atoms with Crippen molar-refractivity contribution in [1.29, 1.82) is 0 Å². The van der Waals surface area contributed by atoms with Crippen LogP contribution in [0.3, 0.4) is 0 Å². The van der Waals surface area contributed by atoms with Crippen LogP contribution in [0.25, 0.3) is 11.4 Å². The summed E-state index contributed by atoms with van der Waals surface area (Å²) in [5.74, 6) is 1.19. The summed E-state index contributed by atoms with van der Waals surface area (Å²) in [7, 11) is 1.87. The largest absolute Gasteiger partial charge is 0.305 e. The molecule has 0 saturated heterocycles. The molecule has 8 heteroatoms. The van der Waals surface area contributed by atoms with E-state index in [0.29, 0.717) is 16.5 Å². The van der Waals surface area contributed by atoms with Gasteiger partial charge in [0.05, 0.1) is 4.92 Å². The van der Waals surface area contributed by atoms with Crippen molar-refractivity contribution >= 4 is 17.4 Å². The molecule has 0 amide bonds. The highest BCUT2D eigenvalue weighted by atomic mass is 32.2. The lowest BCUT2D eigenvalue weighted by atomic mass is 10.2. The lowest BCUT2D eigenvalue weighted by Gasteiger charge is -2.04. The van der Waals surface area contributed by atoms with Crippen LogP contribution in [-0.4, -0.2) is 24.7 Å². The quantitative estimate of drug-likeness (QED) is 0.406. The highest BCUT2D eigenvalue weighted by Gasteiger charge is 2.15. The highest BCUT2D eigenvalue weighted by molar-refractivity contribution is 7.98. The molecule has 0 atom stereocenters. The van der Waals surface area contributed by atoms with Crippen LogP contribution in [0.1, 0.15) is 5.56 Å². The first-order chi connectivity index (χ1) is 11.2. The van der Waals surface area contributed by atoms with Crippen LogP contribution in [0.5, 0.6) is 0 Å². The van der Waals surface area contributed by atoms with E-state index in [0.717, 1.165) is 11.4 Å². The summed E-state index contributed by atoms with van der Waals surface area (Å²) in [4.78, 5) is 14.7. The Morgan fingerprint density at radius 2 is 1.91 bits per heavy atom. The first-order valence-electron chi connectivity index (χ1n) is 6.81.